The fraction of sp³-hybridized carbons (Fsp3) is 0.190. The van der Waals surface area contributed by atoms with Crippen LogP contribution in [0.15, 0.2) is 60.7 Å². The van der Waals surface area contributed by atoms with E-state index >= 15 is 0 Å². The summed E-state index contributed by atoms with van der Waals surface area (Å²) in [4.78, 5) is 0.319. The van der Waals surface area contributed by atoms with Crippen molar-refractivity contribution in [2.45, 2.75) is 6.92 Å². The standard InChI is InChI=1S/C21H21NO3S/c1-2-23-17-9-5-6-10-18(17)24-13-14-25-19-12-11-15-7-3-4-8-16(15)20(19)21(22)26/h3-12H,2,13-14H2,1H3,(H2,22,26). The van der Waals surface area contributed by atoms with Gasteiger partial charge in [-0.1, -0.05) is 54.7 Å². The van der Waals surface area contributed by atoms with Crippen molar-refractivity contribution in [2.75, 3.05) is 19.8 Å². The fourth-order valence-electron chi connectivity index (χ4n) is 2.77. The van der Waals surface area contributed by atoms with E-state index in [4.69, 9.17) is 32.2 Å². The van der Waals surface area contributed by atoms with Crippen molar-refractivity contribution < 1.29 is 14.2 Å². The van der Waals surface area contributed by atoms with Crippen molar-refractivity contribution in [3.05, 3.63) is 66.2 Å². The molecule has 26 heavy (non-hydrogen) atoms. The molecule has 3 aromatic carbocycles. The van der Waals surface area contributed by atoms with Crippen LogP contribution in [0.25, 0.3) is 10.8 Å². The third-order valence-corrected chi connectivity index (χ3v) is 4.09. The molecule has 0 saturated heterocycles. The van der Waals surface area contributed by atoms with E-state index in [1.807, 2.05) is 67.6 Å². The Morgan fingerprint density at radius 3 is 2.12 bits per heavy atom. The molecule has 0 aliphatic rings. The molecule has 2 N–H and O–H groups in total. The van der Waals surface area contributed by atoms with E-state index in [1.165, 1.54) is 0 Å². The predicted molar refractivity (Wildman–Crippen MR) is 108 cm³/mol. The second-order valence-corrected chi connectivity index (χ2v) is 6.04. The molecule has 0 fully saturated rings. The van der Waals surface area contributed by atoms with Crippen molar-refractivity contribution >= 4 is 28.0 Å². The molecule has 0 heterocycles. The fourth-order valence-corrected chi connectivity index (χ4v) is 2.98. The highest BCUT2D eigenvalue weighted by Crippen LogP contribution is 2.29. The van der Waals surface area contributed by atoms with Crippen LogP contribution in [0.4, 0.5) is 0 Å². The van der Waals surface area contributed by atoms with Gasteiger partial charge in [-0.2, -0.15) is 0 Å². The molecule has 0 atom stereocenters. The van der Waals surface area contributed by atoms with Gasteiger partial charge in [0.05, 0.1) is 12.2 Å². The van der Waals surface area contributed by atoms with Gasteiger partial charge >= 0.3 is 0 Å². The van der Waals surface area contributed by atoms with Crippen LogP contribution < -0.4 is 19.9 Å². The normalized spacial score (nSPS) is 10.5. The minimum Gasteiger partial charge on any atom is -0.490 e. The number of hydrogen-bond acceptors (Lipinski definition) is 4. The Hall–Kier alpha value is -2.79. The van der Waals surface area contributed by atoms with Gasteiger partial charge in [0.2, 0.25) is 0 Å². The maximum absolute atomic E-state index is 5.93. The molecule has 0 unspecified atom stereocenters. The van der Waals surface area contributed by atoms with Crippen LogP contribution in [0.3, 0.4) is 0 Å². The zero-order chi connectivity index (χ0) is 18.4. The van der Waals surface area contributed by atoms with E-state index in [9.17, 15) is 0 Å². The van der Waals surface area contributed by atoms with E-state index in [0.717, 1.165) is 22.1 Å². The summed E-state index contributed by atoms with van der Waals surface area (Å²) in [5.41, 5.74) is 6.69. The maximum Gasteiger partial charge on any atom is 0.161 e. The van der Waals surface area contributed by atoms with Crippen molar-refractivity contribution in [1.82, 2.24) is 0 Å². The van der Waals surface area contributed by atoms with Crippen LogP contribution in [0.5, 0.6) is 17.2 Å². The average molecular weight is 367 g/mol. The highest BCUT2D eigenvalue weighted by molar-refractivity contribution is 7.80. The van der Waals surface area contributed by atoms with E-state index in [1.54, 1.807) is 0 Å². The third-order valence-electron chi connectivity index (χ3n) is 3.88. The quantitative estimate of drug-likeness (QED) is 0.474. The molecule has 4 nitrogen and oxygen atoms in total. The van der Waals surface area contributed by atoms with Crippen LogP contribution >= 0.6 is 12.2 Å². The molecule has 0 bridgehead atoms. The molecular formula is C21H21NO3S. The van der Waals surface area contributed by atoms with Crippen LogP contribution in [0.2, 0.25) is 0 Å². The second kappa shape index (κ2) is 8.54. The summed E-state index contributed by atoms with van der Waals surface area (Å²) >= 11 is 5.23. The first-order valence-corrected chi connectivity index (χ1v) is 8.90. The summed E-state index contributed by atoms with van der Waals surface area (Å²) in [6.07, 6.45) is 0. The number of hydrogen-bond donors (Lipinski definition) is 1. The Morgan fingerprint density at radius 2 is 1.42 bits per heavy atom. The van der Waals surface area contributed by atoms with Crippen LogP contribution in [-0.4, -0.2) is 24.8 Å². The van der Waals surface area contributed by atoms with Gasteiger partial charge in [-0.05, 0) is 35.9 Å². The monoisotopic (exact) mass is 367 g/mol. The predicted octanol–water partition coefficient (Wildman–Crippen LogP) is 4.33. The van der Waals surface area contributed by atoms with Gasteiger partial charge in [-0.15, -0.1) is 0 Å². The first-order chi connectivity index (χ1) is 12.7. The summed E-state index contributed by atoms with van der Waals surface area (Å²) in [5, 5.41) is 2.06. The summed E-state index contributed by atoms with van der Waals surface area (Å²) in [6, 6.07) is 19.4. The van der Waals surface area contributed by atoms with Crippen LogP contribution in [-0.2, 0) is 0 Å². The maximum atomic E-state index is 5.93. The lowest BCUT2D eigenvalue weighted by atomic mass is 10.0. The minimum absolute atomic E-state index is 0.319. The van der Waals surface area contributed by atoms with Crippen molar-refractivity contribution in [3.63, 3.8) is 0 Å². The molecule has 3 rings (SSSR count). The van der Waals surface area contributed by atoms with Gasteiger partial charge < -0.3 is 19.9 Å². The SMILES string of the molecule is CCOc1ccccc1OCCOc1ccc2ccccc2c1C(N)=S. The second-order valence-electron chi connectivity index (χ2n) is 5.60. The number of rotatable bonds is 8. The van der Waals surface area contributed by atoms with Crippen LogP contribution in [0, 0.1) is 0 Å². The van der Waals surface area contributed by atoms with E-state index in [0.29, 0.717) is 36.3 Å². The smallest absolute Gasteiger partial charge is 0.161 e. The van der Waals surface area contributed by atoms with Gasteiger partial charge in [-0.3, -0.25) is 0 Å². The topological polar surface area (TPSA) is 53.7 Å². The Morgan fingerprint density at radius 1 is 0.808 bits per heavy atom. The van der Waals surface area contributed by atoms with E-state index < -0.39 is 0 Å². The van der Waals surface area contributed by atoms with Crippen molar-refractivity contribution in [1.29, 1.82) is 0 Å². The summed E-state index contributed by atoms with van der Waals surface area (Å²) in [5.74, 6) is 2.09. The highest BCUT2D eigenvalue weighted by Gasteiger charge is 2.11. The zero-order valence-corrected chi connectivity index (χ0v) is 15.4. The number of thiocarbonyl (C=S) groups is 1. The zero-order valence-electron chi connectivity index (χ0n) is 14.6. The summed E-state index contributed by atoms with van der Waals surface area (Å²) in [6.45, 7) is 3.28. The molecule has 5 heteroatoms. The molecule has 0 spiro atoms. The Balaban J connectivity index is 1.69. The molecule has 0 saturated carbocycles. The largest absolute Gasteiger partial charge is 0.490 e. The Kier molecular flexibility index (Phi) is 5.92. The number of fused-ring (bicyclic) bond motifs is 1. The van der Waals surface area contributed by atoms with Gasteiger partial charge in [0.1, 0.15) is 24.0 Å². The highest BCUT2D eigenvalue weighted by atomic mass is 32.1. The van der Waals surface area contributed by atoms with Gasteiger partial charge in [-0.25, -0.2) is 0 Å². The summed E-state index contributed by atoms with van der Waals surface area (Å²) in [7, 11) is 0. The summed E-state index contributed by atoms with van der Waals surface area (Å²) < 4.78 is 17.2. The molecule has 0 radical (unpaired) electrons. The minimum atomic E-state index is 0.319. The number of ether oxygens (including phenoxy) is 3. The molecule has 0 aliphatic heterocycles. The molecule has 0 aromatic heterocycles. The van der Waals surface area contributed by atoms with Gasteiger partial charge in [0.15, 0.2) is 11.5 Å². The van der Waals surface area contributed by atoms with Crippen molar-refractivity contribution in [3.8, 4) is 17.2 Å². The average Bonchev–Trinajstić information content (AvgIpc) is 2.66. The first-order valence-electron chi connectivity index (χ1n) is 8.49. The lowest BCUT2D eigenvalue weighted by molar-refractivity contribution is 0.208. The third kappa shape index (κ3) is 4.06. The van der Waals surface area contributed by atoms with E-state index in [2.05, 4.69) is 0 Å². The molecule has 3 aromatic rings. The number of benzene rings is 3. The Bertz CT molecular complexity index is 911. The first kappa shape index (κ1) is 18.0. The van der Waals surface area contributed by atoms with Gasteiger partial charge in [0.25, 0.3) is 0 Å². The van der Waals surface area contributed by atoms with Crippen molar-refractivity contribution in [2.24, 2.45) is 5.73 Å². The molecule has 0 aliphatic carbocycles. The lowest BCUT2D eigenvalue weighted by Gasteiger charge is -2.15. The lowest BCUT2D eigenvalue weighted by Crippen LogP contribution is -2.15. The number of nitrogens with two attached hydrogens (primary N) is 1. The number of para-hydroxylation sites is 2. The molecule has 0 amide bonds. The van der Waals surface area contributed by atoms with Gasteiger partial charge in [0, 0.05) is 0 Å². The van der Waals surface area contributed by atoms with E-state index in [-0.39, 0.29) is 0 Å². The molecular weight excluding hydrogens is 346 g/mol. The van der Waals surface area contributed by atoms with Crippen LogP contribution in [0.1, 0.15) is 12.5 Å². The Labute approximate surface area is 158 Å². The molecule has 134 valence electrons.